The highest BCUT2D eigenvalue weighted by Crippen LogP contribution is 2.32. The van der Waals surface area contributed by atoms with Crippen molar-refractivity contribution in [3.05, 3.63) is 35.9 Å². The topological polar surface area (TPSA) is 47.6 Å². The van der Waals surface area contributed by atoms with Crippen molar-refractivity contribution in [3.8, 4) is 11.5 Å². The minimum atomic E-state index is -0.0285. The van der Waals surface area contributed by atoms with Gasteiger partial charge in [0.1, 0.15) is 13.2 Å². The van der Waals surface area contributed by atoms with E-state index >= 15 is 0 Å². The Morgan fingerprint density at radius 1 is 1.24 bits per heavy atom. The van der Waals surface area contributed by atoms with Crippen molar-refractivity contribution in [2.24, 2.45) is 5.92 Å². The van der Waals surface area contributed by atoms with Crippen molar-refractivity contribution in [1.82, 2.24) is 5.32 Å². The second-order valence-electron chi connectivity index (χ2n) is 5.61. The molecule has 1 heterocycles. The first-order valence-corrected chi connectivity index (χ1v) is 7.59. The highest BCUT2D eigenvalue weighted by molar-refractivity contribution is 5.79. The summed E-state index contributed by atoms with van der Waals surface area (Å²) < 4.78 is 11.1. The highest BCUT2D eigenvalue weighted by Gasteiger charge is 2.21. The molecule has 1 aliphatic heterocycles. The third-order valence-electron chi connectivity index (χ3n) is 4.06. The van der Waals surface area contributed by atoms with E-state index in [1.165, 1.54) is 0 Å². The molecule has 1 aromatic rings. The molecule has 0 bridgehead atoms. The summed E-state index contributed by atoms with van der Waals surface area (Å²) in [5.41, 5.74) is 1.04. The molecule has 1 amide bonds. The number of nitrogens with one attached hydrogen (secondary N) is 1. The number of carbonyl (C=O) groups excluding carboxylic acids is 1. The Labute approximate surface area is 125 Å². The van der Waals surface area contributed by atoms with E-state index < -0.39 is 0 Å². The predicted octanol–water partition coefficient (Wildman–Crippen LogP) is 2.99. The van der Waals surface area contributed by atoms with E-state index in [2.05, 4.69) is 17.5 Å². The maximum Gasteiger partial charge on any atom is 0.223 e. The fourth-order valence-electron chi connectivity index (χ4n) is 2.78. The van der Waals surface area contributed by atoms with E-state index in [0.29, 0.717) is 13.2 Å². The number of fused-ring (bicyclic) bond motifs is 1. The molecule has 0 spiro atoms. The van der Waals surface area contributed by atoms with E-state index in [1.807, 2.05) is 25.1 Å². The van der Waals surface area contributed by atoms with Gasteiger partial charge >= 0.3 is 0 Å². The fourth-order valence-corrected chi connectivity index (χ4v) is 2.78. The summed E-state index contributed by atoms with van der Waals surface area (Å²) in [4.78, 5) is 12.3. The summed E-state index contributed by atoms with van der Waals surface area (Å²) in [6.07, 6.45) is 7.03. The molecular weight excluding hydrogens is 266 g/mol. The van der Waals surface area contributed by atoms with Gasteiger partial charge in [0.15, 0.2) is 11.5 Å². The van der Waals surface area contributed by atoms with Crippen molar-refractivity contribution in [2.75, 3.05) is 13.2 Å². The first-order chi connectivity index (χ1) is 10.2. The molecule has 0 fully saturated rings. The SMILES string of the molecule is CC(NC(=O)C1CC=CCC1)c1ccc2c(c1)OCCO2. The van der Waals surface area contributed by atoms with Gasteiger partial charge in [-0.05, 0) is 43.9 Å². The van der Waals surface area contributed by atoms with Crippen molar-refractivity contribution in [1.29, 1.82) is 0 Å². The van der Waals surface area contributed by atoms with Crippen LogP contribution in [0.15, 0.2) is 30.4 Å². The number of hydrogen-bond acceptors (Lipinski definition) is 3. The Bertz CT molecular complexity index is 553. The van der Waals surface area contributed by atoms with Crippen LogP contribution in [0.5, 0.6) is 11.5 Å². The van der Waals surface area contributed by atoms with Gasteiger partial charge in [-0.3, -0.25) is 4.79 Å². The maximum atomic E-state index is 12.3. The average Bonchev–Trinajstić information content (AvgIpc) is 2.55. The van der Waals surface area contributed by atoms with Gasteiger partial charge < -0.3 is 14.8 Å². The van der Waals surface area contributed by atoms with Gasteiger partial charge in [-0.25, -0.2) is 0 Å². The lowest BCUT2D eigenvalue weighted by Gasteiger charge is -2.23. The standard InChI is InChI=1S/C17H21NO3/c1-12(18-17(19)13-5-3-2-4-6-13)14-7-8-15-16(11-14)21-10-9-20-15/h2-3,7-8,11-13H,4-6,9-10H2,1H3,(H,18,19). The molecule has 3 rings (SSSR count). The third-order valence-corrected chi connectivity index (χ3v) is 4.06. The number of amides is 1. The van der Waals surface area contributed by atoms with Gasteiger partial charge in [0.05, 0.1) is 6.04 Å². The number of carbonyl (C=O) groups is 1. The van der Waals surface area contributed by atoms with Gasteiger partial charge in [0.25, 0.3) is 0 Å². The van der Waals surface area contributed by atoms with Gasteiger partial charge in [-0.2, -0.15) is 0 Å². The lowest BCUT2D eigenvalue weighted by molar-refractivity contribution is -0.125. The quantitative estimate of drug-likeness (QED) is 0.869. The number of benzene rings is 1. The van der Waals surface area contributed by atoms with Crippen molar-refractivity contribution in [2.45, 2.75) is 32.2 Å². The lowest BCUT2D eigenvalue weighted by atomic mass is 9.93. The van der Waals surface area contributed by atoms with E-state index in [0.717, 1.165) is 36.3 Å². The van der Waals surface area contributed by atoms with Gasteiger partial charge in [-0.15, -0.1) is 0 Å². The van der Waals surface area contributed by atoms with Crippen LogP contribution >= 0.6 is 0 Å². The van der Waals surface area contributed by atoms with E-state index in [4.69, 9.17) is 9.47 Å². The molecule has 0 saturated carbocycles. The highest BCUT2D eigenvalue weighted by atomic mass is 16.6. The molecule has 0 saturated heterocycles. The molecule has 2 aliphatic rings. The molecule has 21 heavy (non-hydrogen) atoms. The second kappa shape index (κ2) is 6.20. The number of rotatable bonds is 3. The summed E-state index contributed by atoms with van der Waals surface area (Å²) in [5.74, 6) is 1.79. The van der Waals surface area contributed by atoms with Crippen molar-refractivity contribution < 1.29 is 14.3 Å². The molecule has 4 heteroatoms. The first kappa shape index (κ1) is 14.0. The van der Waals surface area contributed by atoms with Crippen LogP contribution in [0, 0.1) is 5.92 Å². The van der Waals surface area contributed by atoms with Gasteiger partial charge in [-0.1, -0.05) is 18.2 Å². The Morgan fingerprint density at radius 2 is 2.05 bits per heavy atom. The third kappa shape index (κ3) is 3.20. The summed E-state index contributed by atoms with van der Waals surface area (Å²) in [6, 6.07) is 5.83. The average molecular weight is 287 g/mol. The summed E-state index contributed by atoms with van der Waals surface area (Å²) in [7, 11) is 0. The molecule has 1 aliphatic carbocycles. The first-order valence-electron chi connectivity index (χ1n) is 7.59. The van der Waals surface area contributed by atoms with Crippen molar-refractivity contribution in [3.63, 3.8) is 0 Å². The number of hydrogen-bond donors (Lipinski definition) is 1. The van der Waals surface area contributed by atoms with Crippen LogP contribution in [0.25, 0.3) is 0 Å². The maximum absolute atomic E-state index is 12.3. The normalized spacial score (nSPS) is 21.7. The van der Waals surface area contributed by atoms with E-state index in [9.17, 15) is 4.79 Å². The largest absolute Gasteiger partial charge is 0.486 e. The van der Waals surface area contributed by atoms with Crippen LogP contribution in [-0.2, 0) is 4.79 Å². The Balaban J connectivity index is 1.66. The zero-order chi connectivity index (χ0) is 14.7. The van der Waals surface area contributed by atoms with Crippen molar-refractivity contribution >= 4 is 5.91 Å². The van der Waals surface area contributed by atoms with Gasteiger partial charge in [0.2, 0.25) is 5.91 Å². The van der Waals surface area contributed by atoms with Crippen LogP contribution in [-0.4, -0.2) is 19.1 Å². The Morgan fingerprint density at radius 3 is 2.81 bits per heavy atom. The minimum Gasteiger partial charge on any atom is -0.486 e. The van der Waals surface area contributed by atoms with Crippen LogP contribution in [0.4, 0.5) is 0 Å². The van der Waals surface area contributed by atoms with Crippen LogP contribution in [0.1, 0.15) is 37.8 Å². The molecule has 112 valence electrons. The number of ether oxygens (including phenoxy) is 2. The number of allylic oxidation sites excluding steroid dienone is 2. The molecule has 0 aromatic heterocycles. The zero-order valence-electron chi connectivity index (χ0n) is 12.3. The molecule has 2 unspecified atom stereocenters. The monoisotopic (exact) mass is 287 g/mol. The smallest absolute Gasteiger partial charge is 0.223 e. The van der Waals surface area contributed by atoms with Crippen LogP contribution < -0.4 is 14.8 Å². The molecule has 0 radical (unpaired) electrons. The Hall–Kier alpha value is -1.97. The second-order valence-corrected chi connectivity index (χ2v) is 5.61. The summed E-state index contributed by atoms with van der Waals surface area (Å²) >= 11 is 0. The Kier molecular flexibility index (Phi) is 4.13. The molecule has 4 nitrogen and oxygen atoms in total. The minimum absolute atomic E-state index is 0.0285. The van der Waals surface area contributed by atoms with Crippen LogP contribution in [0.2, 0.25) is 0 Å². The van der Waals surface area contributed by atoms with E-state index in [1.54, 1.807) is 0 Å². The fraction of sp³-hybridized carbons (Fsp3) is 0.471. The summed E-state index contributed by atoms with van der Waals surface area (Å²) in [5, 5.41) is 3.10. The molecule has 1 N–H and O–H groups in total. The zero-order valence-corrected chi connectivity index (χ0v) is 12.3. The molecule has 1 aromatic carbocycles. The van der Waals surface area contributed by atoms with Gasteiger partial charge in [0, 0.05) is 5.92 Å². The van der Waals surface area contributed by atoms with Crippen LogP contribution in [0.3, 0.4) is 0 Å². The molecule has 2 atom stereocenters. The molecular formula is C17H21NO3. The predicted molar refractivity (Wildman–Crippen MR) is 80.5 cm³/mol. The van der Waals surface area contributed by atoms with E-state index in [-0.39, 0.29) is 17.9 Å². The lowest BCUT2D eigenvalue weighted by Crippen LogP contribution is -2.33. The summed E-state index contributed by atoms with van der Waals surface area (Å²) in [6.45, 7) is 3.17.